The average Bonchev–Trinajstić information content (AvgIpc) is 1.59. The van der Waals surface area contributed by atoms with Gasteiger partial charge < -0.3 is 18.9 Å². The number of aryl methyl sites for hydroxylation is 4. The summed E-state index contributed by atoms with van der Waals surface area (Å²) >= 11 is 0. The molecule has 0 atom stereocenters. The molecule has 0 N–H and O–H groups in total. The molecule has 0 unspecified atom stereocenters. The van der Waals surface area contributed by atoms with Crippen molar-refractivity contribution in [2.24, 2.45) is 39.9 Å². The second kappa shape index (κ2) is 54.9. The molecular formula is C116H136CuN8O4. The Bertz CT molecular complexity index is 5460. The van der Waals surface area contributed by atoms with Gasteiger partial charge in [-0.2, -0.15) is 0 Å². The molecule has 5 heterocycles. The van der Waals surface area contributed by atoms with Gasteiger partial charge in [0.05, 0.1) is 22.3 Å². The summed E-state index contributed by atoms with van der Waals surface area (Å²) in [4.78, 5) is 44.2. The number of unbranched alkanes of at least 4 members (excludes halogenated alkanes) is 24. The number of ether oxygens (including phenoxy) is 4. The molecular weight excluding hydrogens is 1630 g/mol. The first-order valence-corrected chi connectivity index (χ1v) is 48.9. The van der Waals surface area contributed by atoms with Crippen LogP contribution in [0.5, 0.6) is 46.0 Å². The van der Waals surface area contributed by atoms with Gasteiger partial charge in [0.15, 0.2) is 46.7 Å². The van der Waals surface area contributed by atoms with Crippen molar-refractivity contribution in [2.45, 2.75) is 285 Å². The van der Waals surface area contributed by atoms with E-state index in [9.17, 15) is 0 Å². The van der Waals surface area contributed by atoms with Gasteiger partial charge in [-0.3, -0.25) is 0 Å². The third-order valence-corrected chi connectivity index (χ3v) is 23.8. The minimum Gasteiger partial charge on any atom is -0.457 e. The molecule has 129 heavy (non-hydrogen) atoms. The summed E-state index contributed by atoms with van der Waals surface area (Å²) in [6.45, 7) is 8.90. The Morgan fingerprint density at radius 2 is 0.395 bits per heavy atom. The molecule has 8 bridgehead atoms. The Kier molecular flexibility index (Phi) is 41.2. The molecule has 0 aliphatic carbocycles. The molecule has 13 heteroatoms. The average molecular weight is 1770 g/mol. The van der Waals surface area contributed by atoms with Crippen molar-refractivity contribution in [1.29, 1.82) is 0 Å². The minimum absolute atomic E-state index is 0. The van der Waals surface area contributed by atoms with Crippen molar-refractivity contribution >= 4 is 46.7 Å². The van der Waals surface area contributed by atoms with Crippen LogP contribution in [0.25, 0.3) is 0 Å². The number of nitrogens with zero attached hydrogens (tertiary/aromatic N) is 8. The van der Waals surface area contributed by atoms with Crippen LogP contribution in [0, 0.1) is 0 Å². The largest absolute Gasteiger partial charge is 0.457 e. The fraction of sp³-hybridized carbons (Fsp3) is 0.379. The van der Waals surface area contributed by atoms with Gasteiger partial charge in [0.2, 0.25) is 0 Å². The molecule has 5 aliphatic rings. The molecule has 13 rings (SSSR count). The smallest absolute Gasteiger partial charge is 0.168 e. The molecule has 675 valence electrons. The predicted octanol–water partition coefficient (Wildman–Crippen LogP) is 32.7. The number of allylic oxidation sites excluding steroid dienone is 16. The van der Waals surface area contributed by atoms with Crippen LogP contribution < -0.4 is 18.9 Å². The Morgan fingerprint density at radius 1 is 0.202 bits per heavy atom. The first kappa shape index (κ1) is 96.8. The molecule has 0 aromatic heterocycles. The van der Waals surface area contributed by atoms with Crippen LogP contribution in [-0.2, 0) is 42.8 Å². The number of amidine groups is 8. The molecule has 8 aromatic rings. The van der Waals surface area contributed by atoms with E-state index in [-0.39, 0.29) is 17.1 Å². The summed E-state index contributed by atoms with van der Waals surface area (Å²) in [6, 6.07) is 58.1. The van der Waals surface area contributed by atoms with E-state index in [2.05, 4.69) is 198 Å². The summed E-state index contributed by atoms with van der Waals surface area (Å²) in [5.41, 5.74) is 10.4. The third kappa shape index (κ3) is 30.4. The number of aliphatic imine (C=N–C) groups is 8. The van der Waals surface area contributed by atoms with E-state index in [1.807, 2.05) is 97.1 Å². The molecule has 5 aliphatic heterocycles. The molecule has 8 aromatic carbocycles. The first-order chi connectivity index (χ1) is 63.4. The van der Waals surface area contributed by atoms with Crippen LogP contribution in [0.3, 0.4) is 0 Å². The van der Waals surface area contributed by atoms with Crippen LogP contribution in [0.15, 0.2) is 307 Å². The Morgan fingerprint density at radius 3 is 0.636 bits per heavy atom. The number of hydrogen-bond donors (Lipinski definition) is 0. The van der Waals surface area contributed by atoms with E-state index in [0.29, 0.717) is 115 Å². The number of hydrogen-bond acceptors (Lipinski definition) is 12. The molecule has 0 saturated carbocycles. The minimum atomic E-state index is 0. The van der Waals surface area contributed by atoms with Crippen LogP contribution in [0.2, 0.25) is 0 Å². The van der Waals surface area contributed by atoms with Gasteiger partial charge in [-0.05, 0) is 249 Å². The van der Waals surface area contributed by atoms with E-state index in [0.717, 1.165) is 151 Å². The first-order valence-electron chi connectivity index (χ1n) is 48.9. The van der Waals surface area contributed by atoms with E-state index in [1.54, 1.807) is 0 Å². The zero-order valence-corrected chi connectivity index (χ0v) is 78.1. The Balaban J connectivity index is 0.0000151. The summed E-state index contributed by atoms with van der Waals surface area (Å²) in [5, 5.41) is 0. The SMILES string of the molecule is CCC/C=C/C/C=C/CCCCCCCc1cccc(Oc2cccc3c2C2=NC3=NC3=NC(=NC4=NC(=NC5=NC(=N2)c2cccc(Oc6cccc(CCCCCCC/C=C/C/C=C/CCC)c6)c25)c2c(Oc5cccc(CCCCCCC/C=C/C/C=C/CCC)c5)cccc24)c2c(Oc4cccc(CCCCCCC/C=C/C/C=C/CCC)c4)cccc23)c1.[Cu]. The van der Waals surface area contributed by atoms with Gasteiger partial charge in [0.1, 0.15) is 46.0 Å². The van der Waals surface area contributed by atoms with Crippen molar-refractivity contribution in [1.82, 2.24) is 0 Å². The van der Waals surface area contributed by atoms with Crippen LogP contribution in [-0.4, -0.2) is 46.7 Å². The third-order valence-electron chi connectivity index (χ3n) is 23.8. The van der Waals surface area contributed by atoms with Gasteiger partial charge in [-0.1, -0.05) is 325 Å². The van der Waals surface area contributed by atoms with E-state index in [1.165, 1.54) is 151 Å². The van der Waals surface area contributed by atoms with Gasteiger partial charge in [-0.25, -0.2) is 39.9 Å². The second-order valence-electron chi connectivity index (χ2n) is 34.3. The van der Waals surface area contributed by atoms with Gasteiger partial charge >= 0.3 is 0 Å². The molecule has 0 spiro atoms. The van der Waals surface area contributed by atoms with Gasteiger partial charge in [0, 0.05) is 39.3 Å². The zero-order chi connectivity index (χ0) is 88.0. The van der Waals surface area contributed by atoms with E-state index >= 15 is 0 Å². The standard InChI is InChI=1S/C116H136N8O4.Cu/c1-5-9-13-17-21-25-29-33-37-41-45-49-53-65-89-69-57-73-93(85-89)125-101-81-61-77-97-105(101)113-118-109(97)117-110-98-78-62-82-102(126-94-74-58-70-90(86-94)66-54-50-46-42-38-34-30-26-22-18-14-10-6-2)106(98)114(119-110)121-112-100-80-64-84-104(128-96-76-60-72-92(88-96)68-56-52-48-44-40-36-32-28-24-20-16-12-8-4)108(100)116(123-112)124-115-107-99(111(120-113)122-115)79-63-83-103(107)127-95-75-59-71-91(87-95)67-55-51-47-43-39-35-31-27-23-19-15-11-7-3;/h13-20,25-32,57-64,69-88H,5-12,21-24,33-56,65-68H2,1-4H3;/b17-13+,18-14+,19-15+,20-16+,29-25+,30-26+,31-27+,32-28+,117-109?,117-110?,120-111?,120-113?,121-112?,121-114?,124-115?,124-116?;. The normalized spacial score (nSPS) is 13.8. The molecule has 0 fully saturated rings. The van der Waals surface area contributed by atoms with Crippen molar-refractivity contribution in [2.75, 3.05) is 0 Å². The molecule has 12 nitrogen and oxygen atoms in total. The zero-order valence-electron chi connectivity index (χ0n) is 77.2. The summed E-state index contributed by atoms with van der Waals surface area (Å²) in [7, 11) is 0. The predicted molar refractivity (Wildman–Crippen MR) is 541 cm³/mol. The molecule has 1 radical (unpaired) electrons. The fourth-order valence-electron chi connectivity index (χ4n) is 16.8. The van der Waals surface area contributed by atoms with Gasteiger partial charge in [0.25, 0.3) is 0 Å². The van der Waals surface area contributed by atoms with Crippen LogP contribution in [0.1, 0.15) is 326 Å². The van der Waals surface area contributed by atoms with Crippen molar-refractivity contribution in [3.8, 4) is 46.0 Å². The fourth-order valence-corrected chi connectivity index (χ4v) is 16.8. The van der Waals surface area contributed by atoms with Crippen LogP contribution >= 0.6 is 0 Å². The molecule has 0 amide bonds. The quantitative estimate of drug-likeness (QED) is 0.0213. The van der Waals surface area contributed by atoms with E-state index < -0.39 is 0 Å². The maximum atomic E-state index is 7.15. The topological polar surface area (TPSA) is 136 Å². The van der Waals surface area contributed by atoms with Crippen molar-refractivity contribution in [3.63, 3.8) is 0 Å². The van der Waals surface area contributed by atoms with Crippen molar-refractivity contribution in [3.05, 3.63) is 334 Å². The number of benzene rings is 8. The molecule has 0 saturated heterocycles. The second-order valence-corrected chi connectivity index (χ2v) is 34.3. The van der Waals surface area contributed by atoms with Gasteiger partial charge in [-0.15, -0.1) is 0 Å². The van der Waals surface area contributed by atoms with E-state index in [4.69, 9.17) is 58.9 Å². The summed E-state index contributed by atoms with van der Waals surface area (Å²) in [5.74, 6) is 8.12. The summed E-state index contributed by atoms with van der Waals surface area (Å²) < 4.78 is 28.5. The number of rotatable bonds is 56. The maximum absolute atomic E-state index is 7.15. The maximum Gasteiger partial charge on any atom is 0.168 e. The summed E-state index contributed by atoms with van der Waals surface area (Å²) in [6.07, 6.45) is 82.4. The van der Waals surface area contributed by atoms with Crippen LogP contribution in [0.4, 0.5) is 0 Å². The Hall–Kier alpha value is -11.2. The monoisotopic (exact) mass is 1770 g/mol. The number of fused-ring (bicyclic) bond motifs is 16. The van der Waals surface area contributed by atoms with Crippen molar-refractivity contribution < 1.29 is 36.0 Å². The Labute approximate surface area is 781 Å².